The van der Waals surface area contributed by atoms with Crippen molar-refractivity contribution in [3.05, 3.63) is 40.3 Å². The quantitative estimate of drug-likeness (QED) is 0.683. The number of aromatic nitrogens is 4. The summed E-state index contributed by atoms with van der Waals surface area (Å²) in [5.41, 5.74) is 4.84. The van der Waals surface area contributed by atoms with E-state index in [4.69, 9.17) is 23.2 Å². The normalized spacial score (nSPS) is 11.5. The molecule has 0 saturated heterocycles. The first kappa shape index (κ1) is 14.4. The van der Waals surface area contributed by atoms with Crippen LogP contribution in [0.3, 0.4) is 0 Å². The minimum Gasteiger partial charge on any atom is -0.280 e. The molecule has 2 aromatic heterocycles. The van der Waals surface area contributed by atoms with Gasteiger partial charge in [-0.1, -0.05) is 24.6 Å². The second-order valence-corrected chi connectivity index (χ2v) is 5.70. The molecule has 0 atom stereocenters. The van der Waals surface area contributed by atoms with Crippen molar-refractivity contribution in [1.82, 2.24) is 19.3 Å². The number of imidazole rings is 1. The van der Waals surface area contributed by atoms with Gasteiger partial charge in [-0.2, -0.15) is 5.10 Å². The topological polar surface area (TPSA) is 35.6 Å². The van der Waals surface area contributed by atoms with Crippen LogP contribution in [0.4, 0.5) is 0 Å². The third-order valence-corrected chi connectivity index (χ3v) is 4.29. The van der Waals surface area contributed by atoms with Gasteiger partial charge in [0.2, 0.25) is 0 Å². The van der Waals surface area contributed by atoms with Crippen LogP contribution in [0, 0.1) is 6.92 Å². The van der Waals surface area contributed by atoms with Crippen molar-refractivity contribution in [3.63, 3.8) is 0 Å². The maximum atomic E-state index is 6.26. The van der Waals surface area contributed by atoms with Crippen LogP contribution in [0.1, 0.15) is 24.0 Å². The zero-order valence-electron chi connectivity index (χ0n) is 12.2. The molecular weight excluding hydrogens is 307 g/mol. The van der Waals surface area contributed by atoms with E-state index in [0.29, 0.717) is 5.88 Å². The summed E-state index contributed by atoms with van der Waals surface area (Å²) in [5, 5.41) is 5.26. The Hall–Kier alpha value is -1.52. The van der Waals surface area contributed by atoms with Crippen LogP contribution in [0.25, 0.3) is 16.9 Å². The molecule has 0 N–H and O–H groups in total. The first-order valence-corrected chi connectivity index (χ1v) is 7.73. The van der Waals surface area contributed by atoms with Crippen molar-refractivity contribution in [3.8, 4) is 5.69 Å². The number of fused-ring (bicyclic) bond motifs is 1. The van der Waals surface area contributed by atoms with Gasteiger partial charge in [-0.15, -0.1) is 11.6 Å². The Bertz CT molecular complexity index is 817. The lowest BCUT2D eigenvalue weighted by atomic mass is 10.2. The SMILES string of the molecule is CCc1nn(C)c2c1nc(CCl)n2-c1ccc(C)c(Cl)c1. The molecule has 0 amide bonds. The average molecular weight is 323 g/mol. The van der Waals surface area contributed by atoms with Crippen LogP contribution in [0.2, 0.25) is 5.02 Å². The average Bonchev–Trinajstić information content (AvgIpc) is 2.99. The van der Waals surface area contributed by atoms with Crippen molar-refractivity contribution in [1.29, 1.82) is 0 Å². The van der Waals surface area contributed by atoms with Crippen LogP contribution in [-0.4, -0.2) is 19.3 Å². The van der Waals surface area contributed by atoms with E-state index < -0.39 is 0 Å². The van der Waals surface area contributed by atoms with E-state index in [-0.39, 0.29) is 0 Å². The number of hydrogen-bond acceptors (Lipinski definition) is 2. The Morgan fingerprint density at radius 2 is 2.05 bits per heavy atom. The summed E-state index contributed by atoms with van der Waals surface area (Å²) in [5.74, 6) is 1.14. The number of hydrogen-bond donors (Lipinski definition) is 0. The summed E-state index contributed by atoms with van der Waals surface area (Å²) < 4.78 is 3.88. The number of nitrogens with zero attached hydrogens (tertiary/aromatic N) is 4. The van der Waals surface area contributed by atoms with Crippen LogP contribution < -0.4 is 0 Å². The van der Waals surface area contributed by atoms with Gasteiger partial charge in [0, 0.05) is 12.1 Å². The lowest BCUT2D eigenvalue weighted by molar-refractivity contribution is 0.744. The largest absolute Gasteiger partial charge is 0.280 e. The maximum absolute atomic E-state index is 6.26. The van der Waals surface area contributed by atoms with E-state index in [1.54, 1.807) is 0 Å². The third kappa shape index (κ3) is 2.23. The molecule has 0 aliphatic rings. The van der Waals surface area contributed by atoms with Crippen molar-refractivity contribution in [2.24, 2.45) is 7.05 Å². The monoisotopic (exact) mass is 322 g/mol. The van der Waals surface area contributed by atoms with Crippen LogP contribution in [0.15, 0.2) is 18.2 Å². The molecule has 6 heteroatoms. The number of rotatable bonds is 3. The second kappa shape index (κ2) is 5.35. The smallest absolute Gasteiger partial charge is 0.163 e. The van der Waals surface area contributed by atoms with Crippen LogP contribution in [0.5, 0.6) is 0 Å². The number of halogens is 2. The number of aryl methyl sites for hydroxylation is 3. The molecule has 0 saturated carbocycles. The first-order valence-electron chi connectivity index (χ1n) is 6.82. The van der Waals surface area contributed by atoms with E-state index in [0.717, 1.165) is 45.4 Å². The molecule has 0 spiro atoms. The highest BCUT2D eigenvalue weighted by molar-refractivity contribution is 6.31. The minimum absolute atomic E-state index is 0.337. The molecule has 0 unspecified atom stereocenters. The molecule has 21 heavy (non-hydrogen) atoms. The van der Waals surface area contributed by atoms with Crippen molar-refractivity contribution in [2.75, 3.05) is 0 Å². The summed E-state index contributed by atoms with van der Waals surface area (Å²) >= 11 is 12.3. The van der Waals surface area contributed by atoms with Crippen molar-refractivity contribution >= 4 is 34.4 Å². The van der Waals surface area contributed by atoms with E-state index >= 15 is 0 Å². The number of alkyl halides is 1. The first-order chi connectivity index (χ1) is 10.1. The number of benzene rings is 1. The fraction of sp³-hybridized carbons (Fsp3) is 0.333. The molecule has 0 radical (unpaired) electrons. The Morgan fingerprint density at radius 1 is 1.29 bits per heavy atom. The summed E-state index contributed by atoms with van der Waals surface area (Å²) in [7, 11) is 1.92. The van der Waals surface area contributed by atoms with Gasteiger partial charge in [0.1, 0.15) is 11.3 Å². The molecule has 0 fully saturated rings. The van der Waals surface area contributed by atoms with Gasteiger partial charge in [0.25, 0.3) is 0 Å². The summed E-state index contributed by atoms with van der Waals surface area (Å²) in [6.07, 6.45) is 0.838. The fourth-order valence-electron chi connectivity index (χ4n) is 2.54. The van der Waals surface area contributed by atoms with E-state index in [2.05, 4.69) is 17.0 Å². The molecule has 2 heterocycles. The lowest BCUT2D eigenvalue weighted by Gasteiger charge is -2.09. The fourth-order valence-corrected chi connectivity index (χ4v) is 2.90. The zero-order chi connectivity index (χ0) is 15.1. The molecule has 3 rings (SSSR count). The third-order valence-electron chi connectivity index (χ3n) is 3.64. The molecule has 0 aliphatic heterocycles. The molecule has 1 aromatic carbocycles. The summed E-state index contributed by atoms with van der Waals surface area (Å²) in [6.45, 7) is 4.06. The van der Waals surface area contributed by atoms with Crippen LogP contribution >= 0.6 is 23.2 Å². The Balaban J connectivity index is 2.34. The van der Waals surface area contributed by atoms with Gasteiger partial charge in [-0.05, 0) is 31.0 Å². The predicted octanol–water partition coefficient (Wildman–Crippen LogP) is 4.02. The van der Waals surface area contributed by atoms with Gasteiger partial charge in [0.15, 0.2) is 5.65 Å². The standard InChI is InChI=1S/C15H16Cl2N4/c1-4-12-14-15(20(3)19-12)21(13(8-16)18-14)10-6-5-9(2)11(17)7-10/h5-7H,4,8H2,1-3H3. The molecule has 0 aliphatic carbocycles. The Morgan fingerprint density at radius 3 is 2.67 bits per heavy atom. The minimum atomic E-state index is 0.337. The van der Waals surface area contributed by atoms with E-state index in [1.165, 1.54) is 0 Å². The second-order valence-electron chi connectivity index (χ2n) is 5.03. The van der Waals surface area contributed by atoms with Crippen LogP contribution in [-0.2, 0) is 19.3 Å². The molecular formula is C15H16Cl2N4. The summed E-state index contributed by atoms with van der Waals surface area (Å²) in [6, 6.07) is 5.96. The van der Waals surface area contributed by atoms with Gasteiger partial charge in [-0.25, -0.2) is 9.67 Å². The van der Waals surface area contributed by atoms with Crippen molar-refractivity contribution in [2.45, 2.75) is 26.1 Å². The van der Waals surface area contributed by atoms with E-state index in [1.807, 2.05) is 41.4 Å². The molecule has 3 aromatic rings. The molecule has 0 bridgehead atoms. The van der Waals surface area contributed by atoms with Gasteiger partial charge in [0.05, 0.1) is 17.3 Å². The highest BCUT2D eigenvalue weighted by Gasteiger charge is 2.19. The predicted molar refractivity (Wildman–Crippen MR) is 86.5 cm³/mol. The zero-order valence-corrected chi connectivity index (χ0v) is 13.7. The van der Waals surface area contributed by atoms with Gasteiger partial charge >= 0.3 is 0 Å². The molecule has 4 nitrogen and oxygen atoms in total. The van der Waals surface area contributed by atoms with E-state index in [9.17, 15) is 0 Å². The maximum Gasteiger partial charge on any atom is 0.163 e. The summed E-state index contributed by atoms with van der Waals surface area (Å²) in [4.78, 5) is 4.66. The highest BCUT2D eigenvalue weighted by atomic mass is 35.5. The van der Waals surface area contributed by atoms with Gasteiger partial charge < -0.3 is 0 Å². The van der Waals surface area contributed by atoms with Crippen molar-refractivity contribution < 1.29 is 0 Å². The molecule has 110 valence electrons. The Kier molecular flexibility index (Phi) is 3.68. The highest BCUT2D eigenvalue weighted by Crippen LogP contribution is 2.27. The lowest BCUT2D eigenvalue weighted by Crippen LogP contribution is -2.04. The Labute approximate surface area is 133 Å². The van der Waals surface area contributed by atoms with Gasteiger partial charge in [-0.3, -0.25) is 4.57 Å².